The van der Waals surface area contributed by atoms with Gasteiger partial charge >= 0.3 is 0 Å². The SMILES string of the molecule is N#CC1=C(N)Oc2ccc([N+](=O)[O-])cc2C1CC(=O)c1ccc(Br)cc1. The van der Waals surface area contributed by atoms with Gasteiger partial charge in [-0.15, -0.1) is 0 Å². The van der Waals surface area contributed by atoms with Crippen molar-refractivity contribution in [3.05, 3.63) is 79.6 Å². The molecule has 1 atom stereocenters. The summed E-state index contributed by atoms with van der Waals surface area (Å²) in [5.41, 5.74) is 6.62. The molecule has 2 aromatic rings. The number of nitrogens with zero attached hydrogens (tertiary/aromatic N) is 2. The van der Waals surface area contributed by atoms with Gasteiger partial charge in [0.15, 0.2) is 5.78 Å². The van der Waals surface area contributed by atoms with E-state index in [4.69, 9.17) is 10.5 Å². The maximum absolute atomic E-state index is 12.7. The van der Waals surface area contributed by atoms with E-state index in [1.54, 1.807) is 24.3 Å². The number of nitriles is 1. The van der Waals surface area contributed by atoms with Crippen molar-refractivity contribution >= 4 is 27.4 Å². The van der Waals surface area contributed by atoms with E-state index >= 15 is 0 Å². The zero-order chi connectivity index (χ0) is 18.8. The minimum absolute atomic E-state index is 0.0528. The van der Waals surface area contributed by atoms with Gasteiger partial charge in [0.2, 0.25) is 5.88 Å². The fraction of sp³-hybridized carbons (Fsp3) is 0.111. The fourth-order valence-electron chi connectivity index (χ4n) is 2.80. The summed E-state index contributed by atoms with van der Waals surface area (Å²) in [4.78, 5) is 23.2. The molecule has 0 aliphatic carbocycles. The molecule has 0 fully saturated rings. The van der Waals surface area contributed by atoms with E-state index in [1.165, 1.54) is 18.2 Å². The minimum Gasteiger partial charge on any atom is -0.440 e. The van der Waals surface area contributed by atoms with Crippen LogP contribution in [0.15, 0.2) is 58.4 Å². The molecule has 0 saturated carbocycles. The first-order valence-electron chi connectivity index (χ1n) is 7.55. The van der Waals surface area contributed by atoms with Gasteiger partial charge in [-0.2, -0.15) is 5.26 Å². The van der Waals surface area contributed by atoms with Crippen molar-refractivity contribution in [2.75, 3.05) is 0 Å². The smallest absolute Gasteiger partial charge is 0.269 e. The summed E-state index contributed by atoms with van der Waals surface area (Å²) >= 11 is 3.31. The molecule has 0 radical (unpaired) electrons. The average molecular weight is 414 g/mol. The fourth-order valence-corrected chi connectivity index (χ4v) is 3.06. The molecule has 1 aliphatic rings. The summed E-state index contributed by atoms with van der Waals surface area (Å²) in [6, 6.07) is 12.8. The normalized spacial score (nSPS) is 15.6. The highest BCUT2D eigenvalue weighted by atomic mass is 79.9. The van der Waals surface area contributed by atoms with E-state index in [1.807, 2.05) is 6.07 Å². The van der Waals surface area contributed by atoms with E-state index in [-0.39, 0.29) is 29.3 Å². The maximum Gasteiger partial charge on any atom is 0.269 e. The molecule has 130 valence electrons. The number of hydrogen-bond acceptors (Lipinski definition) is 6. The van der Waals surface area contributed by atoms with Crippen LogP contribution in [0.3, 0.4) is 0 Å². The molecule has 8 heteroatoms. The molecule has 1 aliphatic heterocycles. The zero-order valence-electron chi connectivity index (χ0n) is 13.3. The first kappa shape index (κ1) is 17.6. The second kappa shape index (κ2) is 6.98. The van der Waals surface area contributed by atoms with E-state index < -0.39 is 10.8 Å². The monoisotopic (exact) mass is 413 g/mol. The third-order valence-corrected chi connectivity index (χ3v) is 4.62. The average Bonchev–Trinajstić information content (AvgIpc) is 2.61. The number of fused-ring (bicyclic) bond motifs is 1. The summed E-state index contributed by atoms with van der Waals surface area (Å²) in [6.07, 6.45) is -0.0528. The van der Waals surface area contributed by atoms with Gasteiger partial charge in [-0.05, 0) is 18.2 Å². The highest BCUT2D eigenvalue weighted by Crippen LogP contribution is 2.42. The summed E-state index contributed by atoms with van der Waals surface area (Å²) < 4.78 is 6.23. The Morgan fingerprint density at radius 1 is 1.31 bits per heavy atom. The molecule has 0 aromatic heterocycles. The molecule has 0 spiro atoms. The molecule has 26 heavy (non-hydrogen) atoms. The number of halogens is 1. The van der Waals surface area contributed by atoms with Crippen molar-refractivity contribution in [2.24, 2.45) is 5.73 Å². The highest BCUT2D eigenvalue weighted by molar-refractivity contribution is 9.10. The number of allylic oxidation sites excluding steroid dienone is 1. The predicted octanol–water partition coefficient (Wildman–Crippen LogP) is 3.80. The number of carbonyl (C=O) groups excluding carboxylic acids is 1. The number of carbonyl (C=O) groups is 1. The van der Waals surface area contributed by atoms with Crippen LogP contribution in [0, 0.1) is 21.4 Å². The highest BCUT2D eigenvalue weighted by Gasteiger charge is 2.32. The topological polar surface area (TPSA) is 119 Å². The van der Waals surface area contributed by atoms with Gasteiger partial charge in [0.25, 0.3) is 5.69 Å². The van der Waals surface area contributed by atoms with Gasteiger partial charge < -0.3 is 10.5 Å². The number of nitro benzene ring substituents is 1. The van der Waals surface area contributed by atoms with Crippen LogP contribution in [0.5, 0.6) is 5.75 Å². The molecule has 1 unspecified atom stereocenters. The number of rotatable bonds is 4. The summed E-state index contributed by atoms with van der Waals surface area (Å²) in [7, 11) is 0. The van der Waals surface area contributed by atoms with Gasteiger partial charge in [0.05, 0.1) is 10.5 Å². The van der Waals surface area contributed by atoms with Crippen LogP contribution in [0.25, 0.3) is 0 Å². The lowest BCUT2D eigenvalue weighted by atomic mass is 9.84. The summed E-state index contributed by atoms with van der Waals surface area (Å²) in [6.45, 7) is 0. The summed E-state index contributed by atoms with van der Waals surface area (Å²) in [5, 5.41) is 20.5. The van der Waals surface area contributed by atoms with Crippen molar-refractivity contribution in [3.63, 3.8) is 0 Å². The Kier molecular flexibility index (Phi) is 4.73. The molecule has 2 aromatic carbocycles. The van der Waals surface area contributed by atoms with E-state index in [9.17, 15) is 20.2 Å². The zero-order valence-corrected chi connectivity index (χ0v) is 14.9. The third-order valence-electron chi connectivity index (χ3n) is 4.09. The number of nitrogens with two attached hydrogens (primary N) is 1. The van der Waals surface area contributed by atoms with Gasteiger partial charge in [0, 0.05) is 40.1 Å². The number of benzene rings is 2. The molecular formula is C18H12BrN3O4. The number of Topliss-reactive ketones (excluding diaryl/α,β-unsaturated/α-hetero) is 1. The first-order valence-corrected chi connectivity index (χ1v) is 8.34. The van der Waals surface area contributed by atoms with E-state index in [2.05, 4.69) is 15.9 Å². The van der Waals surface area contributed by atoms with Crippen molar-refractivity contribution in [1.29, 1.82) is 5.26 Å². The largest absolute Gasteiger partial charge is 0.440 e. The van der Waals surface area contributed by atoms with Gasteiger partial charge in [-0.3, -0.25) is 14.9 Å². The molecule has 1 heterocycles. The number of ketones is 1. The standard InChI is InChI=1S/C18H12BrN3O4/c19-11-3-1-10(2-4-11)16(23)8-13-14-7-12(22(24)25)5-6-17(14)26-18(21)15(13)9-20/h1-7,13H,8,21H2. The van der Waals surface area contributed by atoms with Crippen LogP contribution in [0.4, 0.5) is 5.69 Å². The van der Waals surface area contributed by atoms with Crippen LogP contribution in [0.2, 0.25) is 0 Å². The molecule has 3 rings (SSSR count). The van der Waals surface area contributed by atoms with Crippen LogP contribution in [0.1, 0.15) is 28.3 Å². The lowest BCUT2D eigenvalue weighted by Gasteiger charge is -2.25. The van der Waals surface area contributed by atoms with Crippen LogP contribution < -0.4 is 10.5 Å². The number of nitro groups is 1. The van der Waals surface area contributed by atoms with Crippen LogP contribution in [-0.4, -0.2) is 10.7 Å². The quantitative estimate of drug-likeness (QED) is 0.462. The van der Waals surface area contributed by atoms with E-state index in [0.29, 0.717) is 16.9 Å². The first-order chi connectivity index (χ1) is 12.4. The molecule has 2 N–H and O–H groups in total. The maximum atomic E-state index is 12.7. The molecule has 7 nitrogen and oxygen atoms in total. The minimum atomic E-state index is -0.709. The Labute approximate surface area is 157 Å². The van der Waals surface area contributed by atoms with Gasteiger partial charge in [-0.1, -0.05) is 28.1 Å². The second-order valence-electron chi connectivity index (χ2n) is 5.66. The van der Waals surface area contributed by atoms with Crippen molar-refractivity contribution in [3.8, 4) is 11.8 Å². The van der Waals surface area contributed by atoms with Crippen molar-refractivity contribution < 1.29 is 14.5 Å². The Morgan fingerprint density at radius 2 is 2.00 bits per heavy atom. The van der Waals surface area contributed by atoms with Crippen molar-refractivity contribution in [2.45, 2.75) is 12.3 Å². The Balaban J connectivity index is 2.02. The Bertz CT molecular complexity index is 977. The van der Waals surface area contributed by atoms with Crippen LogP contribution in [-0.2, 0) is 0 Å². The molecule has 0 amide bonds. The van der Waals surface area contributed by atoms with Crippen LogP contribution >= 0.6 is 15.9 Å². The molecular weight excluding hydrogens is 402 g/mol. The van der Waals surface area contributed by atoms with Gasteiger partial charge in [0.1, 0.15) is 11.8 Å². The predicted molar refractivity (Wildman–Crippen MR) is 96.4 cm³/mol. The number of hydrogen-bond donors (Lipinski definition) is 1. The molecule has 0 saturated heterocycles. The third kappa shape index (κ3) is 3.30. The van der Waals surface area contributed by atoms with Gasteiger partial charge in [-0.25, -0.2) is 0 Å². The van der Waals surface area contributed by atoms with Crippen molar-refractivity contribution in [1.82, 2.24) is 0 Å². The summed E-state index contributed by atoms with van der Waals surface area (Å²) in [5.74, 6) is -0.703. The van der Waals surface area contributed by atoms with E-state index in [0.717, 1.165) is 4.47 Å². The second-order valence-corrected chi connectivity index (χ2v) is 6.57. The lowest BCUT2D eigenvalue weighted by molar-refractivity contribution is -0.385. The Hall–Kier alpha value is -3.18. The number of ether oxygens (including phenoxy) is 1. The Morgan fingerprint density at radius 3 is 2.62 bits per heavy atom. The lowest BCUT2D eigenvalue weighted by Crippen LogP contribution is -2.22. The number of non-ortho nitro benzene ring substituents is 1. The molecule has 0 bridgehead atoms.